The van der Waals surface area contributed by atoms with Crippen molar-refractivity contribution in [1.29, 1.82) is 0 Å². The van der Waals surface area contributed by atoms with Crippen molar-refractivity contribution < 1.29 is 4.79 Å². The standard InChI is InChI=1S/C19H24N6O/c1-13-10-20-6-5-14(13)15-11-23-24-18(15)17-4-2-3-9-25(17)19(26)16-12-21-7-8-22-16/h5-8,10,12,15,17-18,23-24H,2-4,9,11H2,1H3. The molecule has 1 amide bonds. The van der Waals surface area contributed by atoms with Crippen molar-refractivity contribution in [2.75, 3.05) is 13.1 Å². The summed E-state index contributed by atoms with van der Waals surface area (Å²) in [6.07, 6.45) is 11.6. The molecule has 0 aromatic carbocycles. The summed E-state index contributed by atoms with van der Waals surface area (Å²) in [5, 5.41) is 0. The molecule has 2 saturated heterocycles. The van der Waals surface area contributed by atoms with Crippen LogP contribution in [0.15, 0.2) is 37.1 Å². The first kappa shape index (κ1) is 17.1. The number of nitrogens with zero attached hydrogens (tertiary/aromatic N) is 4. The lowest BCUT2D eigenvalue weighted by Gasteiger charge is -2.40. The second-order valence-electron chi connectivity index (χ2n) is 7.04. The molecule has 7 nitrogen and oxygen atoms in total. The normalized spacial score (nSPS) is 26.0. The third-order valence-electron chi connectivity index (χ3n) is 5.49. The Morgan fingerprint density at radius 3 is 2.88 bits per heavy atom. The van der Waals surface area contributed by atoms with E-state index in [0.29, 0.717) is 11.6 Å². The van der Waals surface area contributed by atoms with Crippen LogP contribution in [-0.2, 0) is 0 Å². The van der Waals surface area contributed by atoms with Crippen LogP contribution in [0, 0.1) is 6.92 Å². The SMILES string of the molecule is Cc1cnccc1C1CNNC1C1CCCCN1C(=O)c1cnccn1. The van der Waals surface area contributed by atoms with E-state index in [1.54, 1.807) is 18.6 Å². The summed E-state index contributed by atoms with van der Waals surface area (Å²) in [5.41, 5.74) is 9.65. The van der Waals surface area contributed by atoms with E-state index in [-0.39, 0.29) is 18.0 Å². The second-order valence-corrected chi connectivity index (χ2v) is 7.04. The summed E-state index contributed by atoms with van der Waals surface area (Å²) in [5.74, 6) is 0.278. The van der Waals surface area contributed by atoms with Crippen LogP contribution in [0.1, 0.15) is 46.8 Å². The van der Waals surface area contributed by atoms with Crippen molar-refractivity contribution in [3.8, 4) is 0 Å². The van der Waals surface area contributed by atoms with Gasteiger partial charge in [0.2, 0.25) is 0 Å². The fraction of sp³-hybridized carbons (Fsp3) is 0.474. The van der Waals surface area contributed by atoms with Crippen LogP contribution in [-0.4, -0.2) is 50.9 Å². The summed E-state index contributed by atoms with van der Waals surface area (Å²) in [6, 6.07) is 2.39. The van der Waals surface area contributed by atoms with Crippen LogP contribution >= 0.6 is 0 Å². The Morgan fingerprint density at radius 1 is 1.19 bits per heavy atom. The van der Waals surface area contributed by atoms with Gasteiger partial charge in [-0.2, -0.15) is 0 Å². The predicted octanol–water partition coefficient (Wildman–Crippen LogP) is 1.43. The molecule has 4 heterocycles. The molecule has 3 atom stereocenters. The quantitative estimate of drug-likeness (QED) is 0.870. The number of aromatic nitrogens is 3. The van der Waals surface area contributed by atoms with Gasteiger partial charge >= 0.3 is 0 Å². The third kappa shape index (κ3) is 3.20. The average Bonchev–Trinajstić information content (AvgIpc) is 3.18. The number of amides is 1. The van der Waals surface area contributed by atoms with Crippen molar-refractivity contribution >= 4 is 5.91 Å². The van der Waals surface area contributed by atoms with Crippen molar-refractivity contribution in [2.45, 2.75) is 44.2 Å². The van der Waals surface area contributed by atoms with Crippen molar-refractivity contribution in [2.24, 2.45) is 0 Å². The fourth-order valence-corrected chi connectivity index (χ4v) is 4.22. The zero-order valence-corrected chi connectivity index (χ0v) is 14.9. The Hall–Kier alpha value is -2.38. The highest BCUT2D eigenvalue weighted by atomic mass is 16.2. The molecular formula is C19H24N6O. The van der Waals surface area contributed by atoms with E-state index in [4.69, 9.17) is 0 Å². The van der Waals surface area contributed by atoms with Crippen LogP contribution in [0.5, 0.6) is 0 Å². The zero-order valence-electron chi connectivity index (χ0n) is 14.9. The maximum atomic E-state index is 13.0. The Balaban J connectivity index is 1.61. The Morgan fingerprint density at radius 2 is 2.08 bits per heavy atom. The van der Waals surface area contributed by atoms with E-state index in [9.17, 15) is 4.79 Å². The first-order chi connectivity index (χ1) is 12.8. The van der Waals surface area contributed by atoms with E-state index in [1.807, 2.05) is 17.3 Å². The van der Waals surface area contributed by atoms with Crippen LogP contribution in [0.25, 0.3) is 0 Å². The molecule has 2 N–H and O–H groups in total. The summed E-state index contributed by atoms with van der Waals surface area (Å²) in [7, 11) is 0. The van der Waals surface area contributed by atoms with E-state index < -0.39 is 0 Å². The largest absolute Gasteiger partial charge is 0.333 e. The van der Waals surface area contributed by atoms with Crippen molar-refractivity contribution in [1.82, 2.24) is 30.7 Å². The Kier molecular flexibility index (Phi) is 4.90. The van der Waals surface area contributed by atoms with Gasteiger partial charge in [0.1, 0.15) is 5.69 Å². The highest BCUT2D eigenvalue weighted by molar-refractivity contribution is 5.92. The summed E-state index contributed by atoms with van der Waals surface area (Å²) in [4.78, 5) is 27.5. The van der Waals surface area contributed by atoms with Crippen LogP contribution in [0.3, 0.4) is 0 Å². The maximum absolute atomic E-state index is 13.0. The number of carbonyl (C=O) groups is 1. The summed E-state index contributed by atoms with van der Waals surface area (Å²) in [6.45, 7) is 3.71. The number of hydrogen-bond acceptors (Lipinski definition) is 6. The van der Waals surface area contributed by atoms with Gasteiger partial charge in [-0.05, 0) is 43.4 Å². The lowest BCUT2D eigenvalue weighted by molar-refractivity contribution is 0.0544. The van der Waals surface area contributed by atoms with Gasteiger partial charge in [-0.3, -0.25) is 25.6 Å². The number of likely N-dealkylation sites (tertiary alicyclic amines) is 1. The fourth-order valence-electron chi connectivity index (χ4n) is 4.22. The van der Waals surface area contributed by atoms with Gasteiger partial charge in [0, 0.05) is 55.9 Å². The lowest BCUT2D eigenvalue weighted by Crippen LogP contribution is -2.55. The molecule has 4 rings (SSSR count). The molecular weight excluding hydrogens is 328 g/mol. The molecule has 0 radical (unpaired) electrons. The smallest absolute Gasteiger partial charge is 0.274 e. The number of pyridine rings is 1. The Labute approximate surface area is 153 Å². The van der Waals surface area contributed by atoms with Crippen LogP contribution in [0.2, 0.25) is 0 Å². The monoisotopic (exact) mass is 352 g/mol. The molecule has 7 heteroatoms. The molecule has 2 aliphatic rings. The summed E-state index contributed by atoms with van der Waals surface area (Å²) < 4.78 is 0. The van der Waals surface area contributed by atoms with E-state index in [2.05, 4.69) is 38.8 Å². The third-order valence-corrected chi connectivity index (χ3v) is 5.49. The molecule has 0 aliphatic carbocycles. The van der Waals surface area contributed by atoms with Gasteiger partial charge in [-0.15, -0.1) is 0 Å². The number of hydrogen-bond donors (Lipinski definition) is 2. The minimum atomic E-state index is -0.0262. The molecule has 2 aromatic rings. The van der Waals surface area contributed by atoms with Crippen molar-refractivity contribution in [3.05, 3.63) is 53.9 Å². The molecule has 136 valence electrons. The molecule has 0 saturated carbocycles. The number of hydrazine groups is 1. The minimum Gasteiger partial charge on any atom is -0.333 e. The van der Waals surface area contributed by atoms with E-state index >= 15 is 0 Å². The zero-order chi connectivity index (χ0) is 17.9. The molecule has 3 unspecified atom stereocenters. The van der Waals surface area contributed by atoms with Gasteiger partial charge in [-0.1, -0.05) is 0 Å². The van der Waals surface area contributed by atoms with Gasteiger partial charge in [-0.25, -0.2) is 4.98 Å². The Bertz CT molecular complexity index is 768. The van der Waals surface area contributed by atoms with Crippen LogP contribution < -0.4 is 10.9 Å². The van der Waals surface area contributed by atoms with Crippen LogP contribution in [0.4, 0.5) is 0 Å². The summed E-state index contributed by atoms with van der Waals surface area (Å²) >= 11 is 0. The topological polar surface area (TPSA) is 83.0 Å². The highest BCUT2D eigenvalue weighted by Gasteiger charge is 2.41. The molecule has 2 fully saturated rings. The number of piperidine rings is 1. The highest BCUT2D eigenvalue weighted by Crippen LogP contribution is 2.32. The molecule has 0 spiro atoms. The predicted molar refractivity (Wildman–Crippen MR) is 97.3 cm³/mol. The first-order valence-electron chi connectivity index (χ1n) is 9.21. The maximum Gasteiger partial charge on any atom is 0.274 e. The number of carbonyl (C=O) groups excluding carboxylic acids is 1. The molecule has 2 aliphatic heterocycles. The average molecular weight is 352 g/mol. The lowest BCUT2D eigenvalue weighted by atomic mass is 9.83. The number of nitrogens with one attached hydrogen (secondary N) is 2. The van der Waals surface area contributed by atoms with Crippen molar-refractivity contribution in [3.63, 3.8) is 0 Å². The minimum absolute atomic E-state index is 0.0262. The van der Waals surface area contributed by atoms with Gasteiger partial charge in [0.25, 0.3) is 5.91 Å². The van der Waals surface area contributed by atoms with E-state index in [0.717, 1.165) is 32.4 Å². The van der Waals surface area contributed by atoms with E-state index in [1.165, 1.54) is 11.1 Å². The molecule has 2 aromatic heterocycles. The first-order valence-corrected chi connectivity index (χ1v) is 9.21. The molecule has 0 bridgehead atoms. The number of rotatable bonds is 3. The van der Waals surface area contributed by atoms with Gasteiger partial charge in [0.15, 0.2) is 0 Å². The second kappa shape index (κ2) is 7.47. The number of aryl methyl sites for hydroxylation is 1. The molecule has 26 heavy (non-hydrogen) atoms. The van der Waals surface area contributed by atoms with Gasteiger partial charge in [0.05, 0.1) is 6.20 Å². The van der Waals surface area contributed by atoms with Gasteiger partial charge < -0.3 is 4.90 Å².